The normalized spacial score (nSPS) is 15.1. The average molecular weight is 1020 g/mol. The van der Waals surface area contributed by atoms with Gasteiger partial charge < -0.3 is 40.5 Å². The van der Waals surface area contributed by atoms with Gasteiger partial charge in [0.15, 0.2) is 11.4 Å². The van der Waals surface area contributed by atoms with Crippen LogP contribution in [0.5, 0.6) is 11.5 Å². The summed E-state index contributed by atoms with van der Waals surface area (Å²) in [5.41, 5.74) is 21.2. The van der Waals surface area contributed by atoms with Crippen molar-refractivity contribution >= 4 is 51.8 Å². The van der Waals surface area contributed by atoms with Gasteiger partial charge in [0.25, 0.3) is 0 Å². The maximum atomic E-state index is 13.3. The van der Waals surface area contributed by atoms with Crippen molar-refractivity contribution < 1.29 is 33.6 Å². The SMILES string of the molecule is C.COc1cc(CO)cc(CO)c1/C=C1/C(=O)Cc2ccccc21.Nc1nccc(-c2c(-c3ccc(F)cc3)ncn2C2CCCCC2)n1.Nc1ncnc2c1c(COc1cccc(Cl)c1)nn2C1CCOCC1. The minimum Gasteiger partial charge on any atom is -0.496 e. The number of fused-ring (bicyclic) bond motifs is 2. The second-order valence-corrected chi connectivity index (χ2v) is 18.3. The molecule has 8 aromatic rings. The highest BCUT2D eigenvalue weighted by atomic mass is 35.5. The van der Waals surface area contributed by atoms with E-state index in [2.05, 4.69) is 29.5 Å². The Hall–Kier alpha value is -7.57. The van der Waals surface area contributed by atoms with Crippen LogP contribution in [0.4, 0.5) is 16.2 Å². The molecular formula is C56H60ClFN10O6. The monoisotopic (exact) mass is 1020 g/mol. The third-order valence-electron chi connectivity index (χ3n) is 13.2. The number of nitrogens with zero attached hydrogens (tertiary/aromatic N) is 8. The number of ether oxygens (including phenoxy) is 3. The number of aliphatic hydroxyl groups is 2. The van der Waals surface area contributed by atoms with E-state index >= 15 is 0 Å². The summed E-state index contributed by atoms with van der Waals surface area (Å²) in [5, 5.41) is 25.1. The molecule has 0 radical (unpaired) electrons. The van der Waals surface area contributed by atoms with Crippen LogP contribution in [0.2, 0.25) is 5.02 Å². The summed E-state index contributed by atoms with van der Waals surface area (Å²) in [7, 11) is 1.53. The van der Waals surface area contributed by atoms with Gasteiger partial charge in [0.1, 0.15) is 41.8 Å². The lowest BCUT2D eigenvalue weighted by atomic mass is 9.95. The first kappa shape index (κ1) is 52.7. The molecule has 1 saturated carbocycles. The number of ketones is 1. The lowest BCUT2D eigenvalue weighted by Gasteiger charge is -2.25. The van der Waals surface area contributed by atoms with E-state index in [0.717, 1.165) is 89.4 Å². The number of allylic oxidation sites excluding steroid dienone is 1. The quantitative estimate of drug-likeness (QED) is 0.0885. The molecule has 0 bridgehead atoms. The predicted octanol–water partition coefficient (Wildman–Crippen LogP) is 10.2. The van der Waals surface area contributed by atoms with Crippen LogP contribution < -0.4 is 20.9 Å². The summed E-state index contributed by atoms with van der Waals surface area (Å²) in [5.74, 6) is 1.65. The van der Waals surface area contributed by atoms with E-state index in [1.54, 1.807) is 48.7 Å². The molecule has 2 fully saturated rings. The van der Waals surface area contributed by atoms with Gasteiger partial charge in [-0.25, -0.2) is 34.0 Å². The molecule has 4 aromatic carbocycles. The third-order valence-corrected chi connectivity index (χ3v) is 13.4. The van der Waals surface area contributed by atoms with Crippen molar-refractivity contribution in [2.24, 2.45) is 0 Å². The van der Waals surface area contributed by atoms with E-state index in [9.17, 15) is 19.4 Å². The summed E-state index contributed by atoms with van der Waals surface area (Å²) < 4.78 is 34.1. The number of aromatic nitrogens is 8. The summed E-state index contributed by atoms with van der Waals surface area (Å²) in [6.45, 7) is 1.38. The lowest BCUT2D eigenvalue weighted by molar-refractivity contribution is -0.112. The molecule has 0 atom stereocenters. The smallest absolute Gasteiger partial charge is 0.220 e. The van der Waals surface area contributed by atoms with E-state index in [1.165, 1.54) is 44.8 Å². The topological polar surface area (TPSA) is 224 Å². The zero-order valence-electron chi connectivity index (χ0n) is 40.3. The van der Waals surface area contributed by atoms with Crippen LogP contribution in [0.1, 0.15) is 98.0 Å². The fraction of sp³-hybridized carbons (Fsp3) is 0.304. The van der Waals surface area contributed by atoms with Crippen LogP contribution >= 0.6 is 11.6 Å². The van der Waals surface area contributed by atoms with Crippen molar-refractivity contribution in [3.8, 4) is 34.1 Å². The second kappa shape index (κ2) is 24.4. The molecular weight excluding hydrogens is 963 g/mol. The minimum absolute atomic E-state index is 0. The zero-order chi connectivity index (χ0) is 50.8. The molecule has 11 rings (SSSR count). The molecule has 0 amide bonds. The largest absolute Gasteiger partial charge is 0.496 e. The summed E-state index contributed by atoms with van der Waals surface area (Å²) in [6, 6.07) is 27.3. The Morgan fingerprint density at radius 1 is 0.878 bits per heavy atom. The van der Waals surface area contributed by atoms with Crippen LogP contribution in [0.25, 0.3) is 45.3 Å². The third kappa shape index (κ3) is 11.9. The molecule has 2 aliphatic carbocycles. The molecule has 3 aliphatic rings. The number of halogens is 2. The number of benzene rings is 4. The van der Waals surface area contributed by atoms with E-state index < -0.39 is 0 Å². The van der Waals surface area contributed by atoms with Crippen LogP contribution in [0.3, 0.4) is 0 Å². The molecule has 1 saturated heterocycles. The molecule has 18 heteroatoms. The highest BCUT2D eigenvalue weighted by Gasteiger charge is 2.27. The first-order valence-electron chi connectivity index (χ1n) is 24.2. The Kier molecular flexibility index (Phi) is 17.4. The molecule has 74 heavy (non-hydrogen) atoms. The number of hydrogen-bond donors (Lipinski definition) is 4. The van der Waals surface area contributed by atoms with E-state index in [0.29, 0.717) is 57.1 Å². The van der Waals surface area contributed by atoms with Crippen molar-refractivity contribution in [2.75, 3.05) is 31.8 Å². The van der Waals surface area contributed by atoms with Crippen LogP contribution in [-0.4, -0.2) is 75.6 Å². The number of hydrogen-bond acceptors (Lipinski definition) is 14. The number of carbonyl (C=O) groups is 1. The first-order chi connectivity index (χ1) is 35.6. The van der Waals surface area contributed by atoms with Gasteiger partial charge in [0, 0.05) is 53.6 Å². The summed E-state index contributed by atoms with van der Waals surface area (Å²) in [4.78, 5) is 33.9. The van der Waals surface area contributed by atoms with Gasteiger partial charge in [0.05, 0.1) is 55.2 Å². The maximum Gasteiger partial charge on any atom is 0.220 e. The molecule has 5 heterocycles. The number of anilines is 2. The van der Waals surface area contributed by atoms with Gasteiger partial charge in [-0.1, -0.05) is 74.7 Å². The van der Waals surface area contributed by atoms with E-state index in [1.807, 2.05) is 53.5 Å². The van der Waals surface area contributed by atoms with Crippen LogP contribution in [-0.2, 0) is 35.8 Å². The highest BCUT2D eigenvalue weighted by Crippen LogP contribution is 2.38. The predicted molar refractivity (Wildman–Crippen MR) is 284 cm³/mol. The Labute approximate surface area is 433 Å². The molecule has 4 aromatic heterocycles. The number of aliphatic hydroxyl groups excluding tert-OH is 2. The number of imidazole rings is 1. The van der Waals surface area contributed by atoms with Crippen LogP contribution in [0.15, 0.2) is 110 Å². The van der Waals surface area contributed by atoms with E-state index in [4.69, 9.17) is 42.4 Å². The van der Waals surface area contributed by atoms with Gasteiger partial charge in [-0.15, -0.1) is 0 Å². The Balaban J connectivity index is 0.000000147. The lowest BCUT2D eigenvalue weighted by Crippen LogP contribution is -2.21. The van der Waals surface area contributed by atoms with Gasteiger partial charge in [0.2, 0.25) is 5.95 Å². The zero-order valence-corrected chi connectivity index (χ0v) is 41.1. The maximum absolute atomic E-state index is 13.3. The standard InChI is InChI=1S/C19H20FN5.C19H18O4.C17H18ClN5O2.CH4/c20-14-8-6-13(7-9-14)17-18(16-10-11-22-19(21)24-16)25(12-23-17)15-4-2-1-3-5-15;1-23-19-7-12(10-20)6-14(11-21)16(19)9-17-15-5-3-2-4-13(15)8-18(17)22;18-11-2-1-3-13(8-11)25-9-14-15-16(19)20-10-21-17(15)23(22-14)12-4-6-24-7-5-12;/h6-12,15H,1-5H2,(H2,21,22,24);2-7,9,20-21H,8,10-11H2,1H3;1-3,8,10,12H,4-7,9H2,(H2,19,20,21);1H4/b;17-9+;;. The highest BCUT2D eigenvalue weighted by molar-refractivity contribution is 6.30. The van der Waals surface area contributed by atoms with E-state index in [-0.39, 0.29) is 50.8 Å². The fourth-order valence-corrected chi connectivity index (χ4v) is 9.78. The molecule has 0 unspecified atom stereocenters. The molecule has 384 valence electrons. The number of methoxy groups -OCH3 is 1. The molecule has 6 N–H and O–H groups in total. The van der Waals surface area contributed by atoms with Crippen molar-refractivity contribution in [1.29, 1.82) is 0 Å². The van der Waals surface area contributed by atoms with Crippen molar-refractivity contribution in [3.63, 3.8) is 0 Å². The molecule has 0 spiro atoms. The van der Waals surface area contributed by atoms with Crippen molar-refractivity contribution in [2.45, 2.75) is 90.7 Å². The Morgan fingerprint density at radius 2 is 1.66 bits per heavy atom. The number of nitrogen functional groups attached to an aromatic ring is 2. The number of carbonyl (C=O) groups excluding carboxylic acids is 1. The molecule has 1 aliphatic heterocycles. The molecule has 16 nitrogen and oxygen atoms in total. The van der Waals surface area contributed by atoms with Gasteiger partial charge in [-0.2, -0.15) is 5.10 Å². The average Bonchev–Trinajstić information content (AvgIpc) is 4.13. The number of rotatable bonds is 11. The summed E-state index contributed by atoms with van der Waals surface area (Å²) in [6.07, 6.45) is 15.0. The van der Waals surface area contributed by atoms with Crippen molar-refractivity contribution in [3.05, 3.63) is 154 Å². The minimum atomic E-state index is -0.261. The van der Waals surface area contributed by atoms with Crippen molar-refractivity contribution in [1.82, 2.24) is 39.3 Å². The Morgan fingerprint density at radius 3 is 2.39 bits per heavy atom. The fourth-order valence-electron chi connectivity index (χ4n) is 9.60. The summed E-state index contributed by atoms with van der Waals surface area (Å²) >= 11 is 6.00. The van der Waals surface area contributed by atoms with Gasteiger partial charge in [-0.3, -0.25) is 4.79 Å². The Bertz CT molecular complexity index is 3220. The van der Waals surface area contributed by atoms with Gasteiger partial charge in [-0.05, 0) is 109 Å². The van der Waals surface area contributed by atoms with Gasteiger partial charge >= 0.3 is 0 Å². The second-order valence-electron chi connectivity index (χ2n) is 17.9. The number of Topliss-reactive ketones (excluding diaryl/α,β-unsaturated/α-hetero) is 1. The number of nitrogens with two attached hydrogens (primary N) is 2. The first-order valence-corrected chi connectivity index (χ1v) is 24.6. The van der Waals surface area contributed by atoms with Crippen LogP contribution in [0, 0.1) is 5.82 Å².